The Hall–Kier alpha value is -2.35. The highest BCUT2D eigenvalue weighted by molar-refractivity contribution is 5.74. The van der Waals surface area contributed by atoms with Crippen molar-refractivity contribution in [3.8, 4) is 0 Å². The number of fused-ring (bicyclic) bond motifs is 1. The molecule has 140 valence electrons. The van der Waals surface area contributed by atoms with E-state index >= 15 is 0 Å². The molecule has 0 bridgehead atoms. The van der Waals surface area contributed by atoms with Gasteiger partial charge in [-0.15, -0.1) is 0 Å². The number of nitrogens with zero attached hydrogens (tertiary/aromatic N) is 6. The number of carbonyl (C=O) groups is 1. The van der Waals surface area contributed by atoms with Gasteiger partial charge in [0.15, 0.2) is 0 Å². The third-order valence-corrected chi connectivity index (χ3v) is 5.32. The molecule has 2 aliphatic heterocycles. The van der Waals surface area contributed by atoms with Crippen LogP contribution in [0.5, 0.6) is 0 Å². The van der Waals surface area contributed by atoms with Gasteiger partial charge in [0.1, 0.15) is 0 Å². The molecular weight excluding hydrogens is 330 g/mol. The highest BCUT2D eigenvalue weighted by Crippen LogP contribution is 2.22. The van der Waals surface area contributed by atoms with Gasteiger partial charge < -0.3 is 10.2 Å². The van der Waals surface area contributed by atoms with Gasteiger partial charge in [0.05, 0.1) is 23.1 Å². The van der Waals surface area contributed by atoms with E-state index in [0.717, 1.165) is 51.3 Å². The number of carbonyl (C=O) groups excluding carboxylic acids is 1. The van der Waals surface area contributed by atoms with Gasteiger partial charge in [0, 0.05) is 52.5 Å². The molecule has 4 heterocycles. The summed E-state index contributed by atoms with van der Waals surface area (Å²) in [6.07, 6.45) is 4.07. The first-order valence-electron chi connectivity index (χ1n) is 9.37. The molecule has 8 heteroatoms. The summed E-state index contributed by atoms with van der Waals surface area (Å²) < 4.78 is 4.01. The van der Waals surface area contributed by atoms with Gasteiger partial charge >= 0.3 is 6.03 Å². The zero-order valence-corrected chi connectivity index (χ0v) is 15.6. The Kier molecular flexibility index (Phi) is 4.67. The van der Waals surface area contributed by atoms with E-state index in [0.29, 0.717) is 6.54 Å². The molecule has 1 fully saturated rings. The van der Waals surface area contributed by atoms with Crippen LogP contribution < -0.4 is 5.32 Å². The molecule has 2 aromatic rings. The van der Waals surface area contributed by atoms with Gasteiger partial charge in [-0.05, 0) is 31.9 Å². The number of amides is 2. The number of aromatic nitrogens is 4. The topological polar surface area (TPSA) is 71.2 Å². The molecule has 2 aromatic heterocycles. The van der Waals surface area contributed by atoms with E-state index in [1.807, 2.05) is 29.7 Å². The van der Waals surface area contributed by atoms with Gasteiger partial charge in [0.2, 0.25) is 0 Å². The zero-order valence-electron chi connectivity index (χ0n) is 15.6. The Balaban J connectivity index is 1.42. The second-order valence-electron chi connectivity index (χ2n) is 7.37. The monoisotopic (exact) mass is 357 g/mol. The van der Waals surface area contributed by atoms with Crippen LogP contribution in [0.15, 0.2) is 18.3 Å². The fourth-order valence-electron chi connectivity index (χ4n) is 4.01. The molecule has 26 heavy (non-hydrogen) atoms. The molecule has 0 spiro atoms. The molecule has 2 aliphatic rings. The van der Waals surface area contributed by atoms with Crippen molar-refractivity contribution in [2.24, 2.45) is 7.05 Å². The highest BCUT2D eigenvalue weighted by Gasteiger charge is 2.27. The van der Waals surface area contributed by atoms with Crippen LogP contribution in [-0.4, -0.2) is 61.6 Å². The van der Waals surface area contributed by atoms with Crippen molar-refractivity contribution in [3.05, 3.63) is 35.4 Å². The van der Waals surface area contributed by atoms with Gasteiger partial charge in [-0.3, -0.25) is 14.3 Å². The maximum atomic E-state index is 12.3. The first kappa shape index (κ1) is 17.1. The number of hydrogen-bond acceptors (Lipinski definition) is 4. The molecule has 0 radical (unpaired) electrons. The summed E-state index contributed by atoms with van der Waals surface area (Å²) in [7, 11) is 1.99. The van der Waals surface area contributed by atoms with E-state index in [9.17, 15) is 4.79 Å². The normalized spacial score (nSPS) is 20.4. The molecule has 0 unspecified atom stereocenters. The van der Waals surface area contributed by atoms with Crippen LogP contribution in [0.2, 0.25) is 0 Å². The third-order valence-electron chi connectivity index (χ3n) is 5.32. The second-order valence-corrected chi connectivity index (χ2v) is 7.37. The molecule has 1 atom stereocenters. The quantitative estimate of drug-likeness (QED) is 0.895. The summed E-state index contributed by atoms with van der Waals surface area (Å²) in [6, 6.07) is 4.40. The van der Waals surface area contributed by atoms with Crippen LogP contribution in [0.3, 0.4) is 0 Å². The summed E-state index contributed by atoms with van der Waals surface area (Å²) >= 11 is 0. The molecule has 1 N–H and O–H groups in total. The van der Waals surface area contributed by atoms with E-state index in [2.05, 4.69) is 37.2 Å². The number of likely N-dealkylation sites (tertiary alicyclic amines) is 1. The van der Waals surface area contributed by atoms with E-state index in [1.165, 1.54) is 11.4 Å². The van der Waals surface area contributed by atoms with Gasteiger partial charge in [-0.1, -0.05) is 0 Å². The highest BCUT2D eigenvalue weighted by atomic mass is 16.2. The maximum Gasteiger partial charge on any atom is 0.317 e. The minimum atomic E-state index is 0.0515. The summed E-state index contributed by atoms with van der Waals surface area (Å²) in [4.78, 5) is 16.6. The van der Waals surface area contributed by atoms with Crippen LogP contribution in [0.25, 0.3) is 0 Å². The van der Waals surface area contributed by atoms with Crippen molar-refractivity contribution in [1.29, 1.82) is 0 Å². The average Bonchev–Trinajstić information content (AvgIpc) is 3.34. The zero-order chi connectivity index (χ0) is 18.1. The number of urea groups is 1. The van der Waals surface area contributed by atoms with Crippen LogP contribution in [-0.2, 0) is 20.1 Å². The van der Waals surface area contributed by atoms with Crippen LogP contribution in [0.1, 0.15) is 36.0 Å². The van der Waals surface area contributed by atoms with Crippen LogP contribution in [0, 0.1) is 6.92 Å². The Bertz CT molecular complexity index is 774. The fraction of sp³-hybridized carbons (Fsp3) is 0.611. The van der Waals surface area contributed by atoms with Crippen molar-refractivity contribution in [3.63, 3.8) is 0 Å². The Labute approximate surface area is 153 Å². The Morgan fingerprint density at radius 3 is 2.88 bits per heavy atom. The first-order valence-corrected chi connectivity index (χ1v) is 9.37. The lowest BCUT2D eigenvalue weighted by molar-refractivity contribution is 0.158. The van der Waals surface area contributed by atoms with E-state index in [-0.39, 0.29) is 12.1 Å². The van der Waals surface area contributed by atoms with Gasteiger partial charge in [-0.2, -0.15) is 10.2 Å². The SMILES string of the molecule is Cc1cc(CN2Cc3ccnn3[C@H](CNC(=O)N3CCCC3)C2)n(C)n1. The molecule has 4 rings (SSSR count). The first-order chi connectivity index (χ1) is 12.6. The lowest BCUT2D eigenvalue weighted by atomic mass is 10.1. The summed E-state index contributed by atoms with van der Waals surface area (Å²) in [5.74, 6) is 0. The molecule has 2 amide bonds. The molecular formula is C18H27N7O. The van der Waals surface area contributed by atoms with E-state index in [4.69, 9.17) is 0 Å². The number of aryl methyl sites for hydroxylation is 2. The van der Waals surface area contributed by atoms with Crippen molar-refractivity contribution in [2.45, 2.75) is 38.9 Å². The van der Waals surface area contributed by atoms with Crippen LogP contribution >= 0.6 is 0 Å². The molecule has 0 aromatic carbocycles. The smallest absolute Gasteiger partial charge is 0.317 e. The van der Waals surface area contributed by atoms with Crippen molar-refractivity contribution in [2.75, 3.05) is 26.2 Å². The average molecular weight is 357 g/mol. The molecule has 0 saturated carbocycles. The minimum Gasteiger partial charge on any atom is -0.336 e. The molecule has 0 aliphatic carbocycles. The second kappa shape index (κ2) is 7.11. The predicted octanol–water partition coefficient (Wildman–Crippen LogP) is 1.29. The summed E-state index contributed by atoms with van der Waals surface area (Å²) in [6.45, 7) is 6.93. The molecule has 8 nitrogen and oxygen atoms in total. The standard InChI is InChI=1S/C18H27N7O/c1-14-9-16(22(2)21-14)12-23-11-15-5-6-20-25(15)17(13-23)10-19-18(26)24-7-3-4-8-24/h5-6,9,17H,3-4,7-8,10-13H2,1-2H3,(H,19,26)/t17-/m1/s1. The van der Waals surface area contributed by atoms with E-state index < -0.39 is 0 Å². The third kappa shape index (κ3) is 3.46. The molecule has 1 saturated heterocycles. The summed E-state index contributed by atoms with van der Waals surface area (Å²) in [5, 5.41) is 12.0. The number of hydrogen-bond donors (Lipinski definition) is 1. The Morgan fingerprint density at radius 2 is 2.15 bits per heavy atom. The lowest BCUT2D eigenvalue weighted by Crippen LogP contribution is -2.45. The fourth-order valence-corrected chi connectivity index (χ4v) is 4.01. The number of rotatable bonds is 4. The maximum absolute atomic E-state index is 12.3. The minimum absolute atomic E-state index is 0.0515. The predicted molar refractivity (Wildman–Crippen MR) is 97.5 cm³/mol. The van der Waals surface area contributed by atoms with Crippen molar-refractivity contribution in [1.82, 2.24) is 34.7 Å². The van der Waals surface area contributed by atoms with Crippen molar-refractivity contribution >= 4 is 6.03 Å². The van der Waals surface area contributed by atoms with E-state index in [1.54, 1.807) is 0 Å². The lowest BCUT2D eigenvalue weighted by Gasteiger charge is -2.34. The summed E-state index contributed by atoms with van der Waals surface area (Å²) in [5.41, 5.74) is 3.44. The van der Waals surface area contributed by atoms with Crippen LogP contribution in [0.4, 0.5) is 4.79 Å². The van der Waals surface area contributed by atoms with Crippen molar-refractivity contribution < 1.29 is 4.79 Å². The largest absolute Gasteiger partial charge is 0.336 e. The van der Waals surface area contributed by atoms with Gasteiger partial charge in [0.25, 0.3) is 0 Å². The Morgan fingerprint density at radius 1 is 1.35 bits per heavy atom. The van der Waals surface area contributed by atoms with Gasteiger partial charge in [-0.25, -0.2) is 4.79 Å². The number of nitrogens with one attached hydrogen (secondary N) is 1.